The van der Waals surface area contributed by atoms with Crippen LogP contribution >= 0.6 is 15.9 Å². The molecule has 0 saturated heterocycles. The predicted molar refractivity (Wildman–Crippen MR) is 61.2 cm³/mol. The van der Waals surface area contributed by atoms with Gasteiger partial charge < -0.3 is 10.6 Å². The Bertz CT molecular complexity index is 431. The molecule has 1 aromatic rings. The van der Waals surface area contributed by atoms with Gasteiger partial charge in [-0.1, -0.05) is 0 Å². The molecule has 0 aliphatic rings. The van der Waals surface area contributed by atoms with Gasteiger partial charge in [0.15, 0.2) is 0 Å². The summed E-state index contributed by atoms with van der Waals surface area (Å²) in [5.74, 6) is -0.649. The second kappa shape index (κ2) is 6.08. The number of halogens is 2. The fraction of sp³-hybridized carbons (Fsp3) is 0.200. The van der Waals surface area contributed by atoms with Crippen molar-refractivity contribution in [1.29, 1.82) is 5.26 Å². The van der Waals surface area contributed by atoms with Crippen LogP contribution in [0.1, 0.15) is 0 Å². The fourth-order valence-corrected chi connectivity index (χ4v) is 1.50. The molecule has 0 aliphatic carbocycles. The maximum absolute atomic E-state index is 12.7. The summed E-state index contributed by atoms with van der Waals surface area (Å²) in [4.78, 5) is 11.1. The van der Waals surface area contributed by atoms with Crippen LogP contribution in [0.2, 0.25) is 0 Å². The van der Waals surface area contributed by atoms with Crippen molar-refractivity contribution >= 4 is 27.5 Å². The van der Waals surface area contributed by atoms with Crippen molar-refractivity contribution in [1.82, 2.24) is 5.32 Å². The first kappa shape index (κ1) is 12.5. The van der Waals surface area contributed by atoms with Crippen LogP contribution < -0.4 is 10.6 Å². The highest BCUT2D eigenvalue weighted by Gasteiger charge is 2.03. The Morgan fingerprint density at radius 3 is 2.94 bits per heavy atom. The minimum Gasteiger partial charge on any atom is -0.375 e. The van der Waals surface area contributed by atoms with Gasteiger partial charge in [-0.3, -0.25) is 4.79 Å². The third-order valence-electron chi connectivity index (χ3n) is 1.74. The number of anilines is 1. The van der Waals surface area contributed by atoms with Crippen LogP contribution in [-0.4, -0.2) is 19.0 Å². The lowest BCUT2D eigenvalue weighted by atomic mass is 10.3. The number of nitriles is 1. The van der Waals surface area contributed by atoms with E-state index in [4.69, 9.17) is 5.26 Å². The highest BCUT2D eigenvalue weighted by molar-refractivity contribution is 9.10. The summed E-state index contributed by atoms with van der Waals surface area (Å²) in [5, 5.41) is 13.4. The number of benzene rings is 1. The van der Waals surface area contributed by atoms with Crippen LogP contribution in [0, 0.1) is 17.1 Å². The average Bonchev–Trinajstić information content (AvgIpc) is 2.25. The molecule has 1 aromatic carbocycles. The molecule has 0 fully saturated rings. The Balaban J connectivity index is 2.49. The molecule has 1 rings (SSSR count). The zero-order chi connectivity index (χ0) is 12.0. The van der Waals surface area contributed by atoms with Gasteiger partial charge in [-0.25, -0.2) is 4.39 Å². The van der Waals surface area contributed by atoms with Crippen LogP contribution in [0.4, 0.5) is 10.1 Å². The molecular weight excluding hydrogens is 277 g/mol. The summed E-state index contributed by atoms with van der Waals surface area (Å²) >= 11 is 3.16. The fourth-order valence-electron chi connectivity index (χ4n) is 1.01. The van der Waals surface area contributed by atoms with E-state index in [1.807, 2.05) is 0 Å². The molecule has 0 spiro atoms. The predicted octanol–water partition coefficient (Wildman–Crippen LogP) is 1.64. The summed E-state index contributed by atoms with van der Waals surface area (Å²) in [6.07, 6.45) is 0. The van der Waals surface area contributed by atoms with Gasteiger partial charge in [-0.05, 0) is 34.1 Å². The molecule has 0 heterocycles. The highest BCUT2D eigenvalue weighted by Crippen LogP contribution is 2.22. The maximum atomic E-state index is 12.7. The monoisotopic (exact) mass is 285 g/mol. The summed E-state index contributed by atoms with van der Waals surface area (Å²) in [7, 11) is 0. The molecular formula is C10H9BrFN3O. The number of amides is 1. The molecule has 16 heavy (non-hydrogen) atoms. The number of nitrogens with one attached hydrogen (secondary N) is 2. The lowest BCUT2D eigenvalue weighted by Crippen LogP contribution is -2.30. The van der Waals surface area contributed by atoms with Gasteiger partial charge in [-0.15, -0.1) is 0 Å². The van der Waals surface area contributed by atoms with E-state index in [0.717, 1.165) is 0 Å². The quantitative estimate of drug-likeness (QED) is 0.827. The molecule has 2 N–H and O–H groups in total. The normalized spacial score (nSPS) is 9.31. The smallest absolute Gasteiger partial charge is 0.240 e. The highest BCUT2D eigenvalue weighted by atomic mass is 79.9. The number of carbonyl (C=O) groups is 1. The van der Waals surface area contributed by atoms with Crippen molar-refractivity contribution in [2.45, 2.75) is 0 Å². The summed E-state index contributed by atoms with van der Waals surface area (Å²) in [6, 6.07) is 5.91. The van der Waals surface area contributed by atoms with Crippen LogP contribution in [0.5, 0.6) is 0 Å². The molecule has 4 nitrogen and oxygen atoms in total. The molecule has 0 radical (unpaired) electrons. The van der Waals surface area contributed by atoms with Gasteiger partial charge >= 0.3 is 0 Å². The van der Waals surface area contributed by atoms with Crippen molar-refractivity contribution in [2.24, 2.45) is 0 Å². The third-order valence-corrected chi connectivity index (χ3v) is 2.39. The second-order valence-corrected chi connectivity index (χ2v) is 3.77. The number of carbonyl (C=O) groups excluding carboxylic acids is 1. The number of rotatable bonds is 4. The zero-order valence-corrected chi connectivity index (χ0v) is 9.84. The van der Waals surface area contributed by atoms with Crippen LogP contribution in [0.15, 0.2) is 22.7 Å². The minimum atomic E-state index is -0.355. The average molecular weight is 286 g/mol. The summed E-state index contributed by atoms with van der Waals surface area (Å²) < 4.78 is 13.3. The third kappa shape index (κ3) is 3.87. The van der Waals surface area contributed by atoms with Crippen molar-refractivity contribution in [3.8, 4) is 6.07 Å². The maximum Gasteiger partial charge on any atom is 0.240 e. The Labute approximate surface area is 101 Å². The van der Waals surface area contributed by atoms with Gasteiger partial charge in [0.1, 0.15) is 12.4 Å². The first-order valence-electron chi connectivity index (χ1n) is 4.46. The molecule has 0 saturated carbocycles. The Hall–Kier alpha value is -1.61. The lowest BCUT2D eigenvalue weighted by molar-refractivity contribution is -0.119. The van der Waals surface area contributed by atoms with Crippen LogP contribution in [0.3, 0.4) is 0 Å². The zero-order valence-electron chi connectivity index (χ0n) is 8.26. The molecule has 0 aromatic heterocycles. The first-order valence-corrected chi connectivity index (χ1v) is 5.25. The molecule has 0 atom stereocenters. The van der Waals surface area contributed by atoms with E-state index in [0.29, 0.717) is 10.2 Å². The lowest BCUT2D eigenvalue weighted by Gasteiger charge is -2.07. The van der Waals surface area contributed by atoms with E-state index >= 15 is 0 Å². The molecule has 1 amide bonds. The number of hydrogen-bond donors (Lipinski definition) is 2. The van der Waals surface area contributed by atoms with Gasteiger partial charge in [0, 0.05) is 10.2 Å². The largest absolute Gasteiger partial charge is 0.375 e. The van der Waals surface area contributed by atoms with Gasteiger partial charge in [0.25, 0.3) is 0 Å². The molecule has 0 unspecified atom stereocenters. The first-order chi connectivity index (χ1) is 7.63. The minimum absolute atomic E-state index is 0.0227. The Morgan fingerprint density at radius 1 is 1.56 bits per heavy atom. The van der Waals surface area contributed by atoms with E-state index in [2.05, 4.69) is 26.6 Å². The standard InChI is InChI=1S/C10H9BrFN3O/c11-8-5-7(12)1-2-9(8)15-6-10(16)14-4-3-13/h1-2,5,15H,4,6H2,(H,14,16). The van der Waals surface area contributed by atoms with Gasteiger partial charge in [0.2, 0.25) is 5.91 Å². The van der Waals surface area contributed by atoms with Crippen molar-refractivity contribution in [3.63, 3.8) is 0 Å². The summed E-state index contributed by atoms with van der Waals surface area (Å²) in [6.45, 7) is 0.0109. The Kier molecular flexibility index (Phi) is 4.73. The topological polar surface area (TPSA) is 64.9 Å². The Morgan fingerprint density at radius 2 is 2.31 bits per heavy atom. The second-order valence-electron chi connectivity index (χ2n) is 2.91. The van der Waals surface area contributed by atoms with Crippen molar-refractivity contribution < 1.29 is 9.18 Å². The van der Waals surface area contributed by atoms with E-state index < -0.39 is 0 Å². The van der Waals surface area contributed by atoms with Gasteiger partial charge in [-0.2, -0.15) is 5.26 Å². The molecule has 6 heteroatoms. The molecule has 0 aliphatic heterocycles. The molecule has 0 bridgehead atoms. The van der Waals surface area contributed by atoms with Gasteiger partial charge in [0.05, 0.1) is 12.6 Å². The summed E-state index contributed by atoms with van der Waals surface area (Å²) in [5.41, 5.74) is 0.619. The number of nitrogens with zero attached hydrogens (tertiary/aromatic N) is 1. The van der Waals surface area contributed by atoms with Crippen molar-refractivity contribution in [3.05, 3.63) is 28.5 Å². The van der Waals surface area contributed by atoms with E-state index in [-0.39, 0.29) is 24.8 Å². The van der Waals surface area contributed by atoms with Crippen LogP contribution in [-0.2, 0) is 4.79 Å². The van der Waals surface area contributed by atoms with E-state index in [9.17, 15) is 9.18 Å². The van der Waals surface area contributed by atoms with E-state index in [1.54, 1.807) is 6.07 Å². The SMILES string of the molecule is N#CCNC(=O)CNc1ccc(F)cc1Br. The van der Waals surface area contributed by atoms with Crippen molar-refractivity contribution in [2.75, 3.05) is 18.4 Å². The van der Waals surface area contributed by atoms with Crippen LogP contribution in [0.25, 0.3) is 0 Å². The van der Waals surface area contributed by atoms with E-state index in [1.165, 1.54) is 18.2 Å². The molecule has 84 valence electrons. The number of hydrogen-bond acceptors (Lipinski definition) is 3.